The molecule has 5 heteroatoms. The van der Waals surface area contributed by atoms with Crippen LogP contribution in [0, 0.1) is 5.92 Å². The molecule has 0 aliphatic rings. The zero-order chi connectivity index (χ0) is 17.8. The van der Waals surface area contributed by atoms with E-state index in [4.69, 9.17) is 9.47 Å². The average molecular weight is 335 g/mol. The molecule has 1 aromatic carbocycles. The van der Waals surface area contributed by atoms with Crippen LogP contribution < -0.4 is 15.4 Å². The molecule has 0 aromatic heterocycles. The molecule has 0 radical (unpaired) electrons. The highest BCUT2D eigenvalue weighted by Crippen LogP contribution is 2.25. The van der Waals surface area contributed by atoms with Gasteiger partial charge >= 0.3 is 0 Å². The Balaban J connectivity index is 2.31. The van der Waals surface area contributed by atoms with E-state index in [1.165, 1.54) is 5.56 Å². The third kappa shape index (κ3) is 7.68. The van der Waals surface area contributed by atoms with E-state index in [0.29, 0.717) is 11.8 Å². The Labute approximate surface area is 146 Å². The number of hydrogen-bond acceptors (Lipinski definition) is 3. The lowest BCUT2D eigenvalue weighted by Crippen LogP contribution is -2.39. The molecule has 1 aromatic rings. The number of ether oxygens (including phenoxy) is 2. The third-order valence-corrected chi connectivity index (χ3v) is 3.68. The first-order valence-electron chi connectivity index (χ1n) is 8.73. The van der Waals surface area contributed by atoms with Crippen LogP contribution in [0.5, 0.6) is 5.75 Å². The normalized spacial score (nSPS) is 13.0. The van der Waals surface area contributed by atoms with Gasteiger partial charge in [-0.2, -0.15) is 0 Å². The van der Waals surface area contributed by atoms with E-state index in [-0.39, 0.29) is 0 Å². The Hall–Kier alpha value is -1.75. The van der Waals surface area contributed by atoms with Gasteiger partial charge in [-0.15, -0.1) is 0 Å². The standard InChI is InChI=1S/C19H33N3O2/c1-15(2)14-24-12-8-11-21-19(20-4)22-13-16(3)17-9-6-7-10-18(17)23-5/h6-7,9-10,15-16H,8,11-14H2,1-5H3,(H2,20,21,22). The summed E-state index contributed by atoms with van der Waals surface area (Å²) in [4.78, 5) is 4.26. The molecule has 1 atom stereocenters. The van der Waals surface area contributed by atoms with Crippen molar-refractivity contribution in [3.63, 3.8) is 0 Å². The topological polar surface area (TPSA) is 54.9 Å². The lowest BCUT2D eigenvalue weighted by molar-refractivity contribution is 0.108. The van der Waals surface area contributed by atoms with Gasteiger partial charge < -0.3 is 20.1 Å². The quantitative estimate of drug-likeness (QED) is 0.392. The molecule has 5 nitrogen and oxygen atoms in total. The maximum absolute atomic E-state index is 5.58. The molecule has 2 N–H and O–H groups in total. The highest BCUT2D eigenvalue weighted by molar-refractivity contribution is 5.79. The van der Waals surface area contributed by atoms with Gasteiger partial charge in [0.2, 0.25) is 0 Å². The molecule has 0 aliphatic carbocycles. The minimum Gasteiger partial charge on any atom is -0.496 e. The van der Waals surface area contributed by atoms with Gasteiger partial charge in [0, 0.05) is 39.3 Å². The van der Waals surface area contributed by atoms with E-state index in [1.54, 1.807) is 14.2 Å². The number of guanidine groups is 1. The van der Waals surface area contributed by atoms with E-state index < -0.39 is 0 Å². The summed E-state index contributed by atoms with van der Waals surface area (Å²) in [6.45, 7) is 9.74. The molecule has 0 spiro atoms. The molecular weight excluding hydrogens is 302 g/mol. The predicted molar refractivity (Wildman–Crippen MR) is 101 cm³/mol. The molecule has 0 bridgehead atoms. The minimum absolute atomic E-state index is 0.328. The Morgan fingerprint density at radius 1 is 1.17 bits per heavy atom. The van der Waals surface area contributed by atoms with Crippen molar-refractivity contribution < 1.29 is 9.47 Å². The van der Waals surface area contributed by atoms with Crippen molar-refractivity contribution in [1.29, 1.82) is 0 Å². The van der Waals surface area contributed by atoms with Crippen molar-refractivity contribution in [1.82, 2.24) is 10.6 Å². The fourth-order valence-corrected chi connectivity index (χ4v) is 2.35. The van der Waals surface area contributed by atoms with Gasteiger partial charge in [-0.1, -0.05) is 39.0 Å². The SMILES string of the molecule is CN=C(NCCCOCC(C)C)NCC(C)c1ccccc1OC. The second-order valence-electron chi connectivity index (χ2n) is 6.35. The van der Waals surface area contributed by atoms with E-state index in [1.807, 2.05) is 18.2 Å². The molecule has 1 unspecified atom stereocenters. The third-order valence-electron chi connectivity index (χ3n) is 3.68. The van der Waals surface area contributed by atoms with Crippen molar-refractivity contribution in [3.05, 3.63) is 29.8 Å². The maximum Gasteiger partial charge on any atom is 0.190 e. The molecule has 24 heavy (non-hydrogen) atoms. The molecule has 0 amide bonds. The van der Waals surface area contributed by atoms with Crippen LogP contribution in [0.3, 0.4) is 0 Å². The van der Waals surface area contributed by atoms with Crippen LogP contribution in [0.15, 0.2) is 29.3 Å². The number of nitrogens with one attached hydrogen (secondary N) is 2. The van der Waals surface area contributed by atoms with Crippen LogP contribution in [0.1, 0.15) is 38.7 Å². The first-order chi connectivity index (χ1) is 11.6. The Bertz CT molecular complexity index is 489. The molecule has 136 valence electrons. The number of benzene rings is 1. The number of para-hydroxylation sites is 1. The monoisotopic (exact) mass is 335 g/mol. The summed E-state index contributed by atoms with van der Waals surface area (Å²) in [5.74, 6) is 2.66. The number of methoxy groups -OCH3 is 1. The summed E-state index contributed by atoms with van der Waals surface area (Å²) in [7, 11) is 3.50. The summed E-state index contributed by atoms with van der Waals surface area (Å²) in [5, 5.41) is 6.69. The van der Waals surface area contributed by atoms with E-state index in [9.17, 15) is 0 Å². The van der Waals surface area contributed by atoms with Crippen molar-refractivity contribution >= 4 is 5.96 Å². The average Bonchev–Trinajstić information content (AvgIpc) is 2.59. The van der Waals surface area contributed by atoms with Gasteiger partial charge in [-0.25, -0.2) is 0 Å². The van der Waals surface area contributed by atoms with E-state index in [0.717, 1.165) is 44.4 Å². The Morgan fingerprint density at radius 2 is 1.92 bits per heavy atom. The Morgan fingerprint density at radius 3 is 2.58 bits per heavy atom. The molecule has 0 saturated heterocycles. The van der Waals surface area contributed by atoms with Gasteiger partial charge in [-0.05, 0) is 24.0 Å². The second-order valence-corrected chi connectivity index (χ2v) is 6.35. The van der Waals surface area contributed by atoms with Crippen LogP contribution in [0.25, 0.3) is 0 Å². The van der Waals surface area contributed by atoms with Crippen molar-refractivity contribution in [2.75, 3.05) is 40.5 Å². The van der Waals surface area contributed by atoms with Gasteiger partial charge in [0.1, 0.15) is 5.75 Å². The van der Waals surface area contributed by atoms with Crippen LogP contribution in [-0.4, -0.2) is 46.4 Å². The number of rotatable bonds is 10. The number of aliphatic imine (C=N–C) groups is 1. The summed E-state index contributed by atoms with van der Waals surface area (Å²) in [5.41, 5.74) is 1.20. The van der Waals surface area contributed by atoms with Gasteiger partial charge in [0.05, 0.1) is 7.11 Å². The fourth-order valence-electron chi connectivity index (χ4n) is 2.35. The smallest absolute Gasteiger partial charge is 0.190 e. The van der Waals surface area contributed by atoms with Gasteiger partial charge in [-0.3, -0.25) is 4.99 Å². The maximum atomic E-state index is 5.58. The predicted octanol–water partition coefficient (Wildman–Crippen LogP) is 3.03. The highest BCUT2D eigenvalue weighted by atomic mass is 16.5. The fraction of sp³-hybridized carbons (Fsp3) is 0.632. The van der Waals surface area contributed by atoms with Crippen molar-refractivity contribution in [3.8, 4) is 5.75 Å². The number of hydrogen-bond donors (Lipinski definition) is 2. The summed E-state index contributed by atoms with van der Waals surface area (Å²) in [6, 6.07) is 8.13. The highest BCUT2D eigenvalue weighted by Gasteiger charge is 2.11. The lowest BCUT2D eigenvalue weighted by atomic mass is 10.0. The van der Waals surface area contributed by atoms with E-state index in [2.05, 4.69) is 42.5 Å². The van der Waals surface area contributed by atoms with Gasteiger partial charge in [0.15, 0.2) is 5.96 Å². The van der Waals surface area contributed by atoms with Crippen LogP contribution >= 0.6 is 0 Å². The molecule has 0 aliphatic heterocycles. The molecule has 1 rings (SSSR count). The van der Waals surface area contributed by atoms with Crippen LogP contribution in [0.4, 0.5) is 0 Å². The van der Waals surface area contributed by atoms with Crippen LogP contribution in [0.2, 0.25) is 0 Å². The molecular formula is C19H33N3O2. The Kier molecular flexibility index (Phi) is 9.92. The number of nitrogens with zero attached hydrogens (tertiary/aromatic N) is 1. The van der Waals surface area contributed by atoms with Crippen LogP contribution in [-0.2, 0) is 4.74 Å². The summed E-state index contributed by atoms with van der Waals surface area (Å²) < 4.78 is 11.0. The lowest BCUT2D eigenvalue weighted by Gasteiger charge is -2.18. The summed E-state index contributed by atoms with van der Waals surface area (Å²) in [6.07, 6.45) is 0.968. The first kappa shape index (κ1) is 20.3. The zero-order valence-corrected chi connectivity index (χ0v) is 15.8. The largest absolute Gasteiger partial charge is 0.496 e. The first-order valence-corrected chi connectivity index (χ1v) is 8.73. The molecule has 0 saturated carbocycles. The second kappa shape index (κ2) is 11.7. The van der Waals surface area contributed by atoms with Crippen molar-refractivity contribution in [2.45, 2.75) is 33.1 Å². The van der Waals surface area contributed by atoms with E-state index >= 15 is 0 Å². The minimum atomic E-state index is 0.328. The summed E-state index contributed by atoms with van der Waals surface area (Å²) >= 11 is 0. The molecule has 0 heterocycles. The van der Waals surface area contributed by atoms with Crippen molar-refractivity contribution in [2.24, 2.45) is 10.9 Å². The molecule has 0 fully saturated rings. The van der Waals surface area contributed by atoms with Gasteiger partial charge in [0.25, 0.3) is 0 Å². The zero-order valence-electron chi connectivity index (χ0n) is 15.8.